The van der Waals surface area contributed by atoms with E-state index < -0.39 is 0 Å². The highest BCUT2D eigenvalue weighted by molar-refractivity contribution is 4.79. The molecule has 1 unspecified atom stereocenters. The Bertz CT molecular complexity index is 101. The van der Waals surface area contributed by atoms with Gasteiger partial charge in [-0.3, -0.25) is 0 Å². The largest absolute Gasteiger partial charge is 0.314 e. The van der Waals surface area contributed by atoms with Gasteiger partial charge in [0.05, 0.1) is 0 Å². The summed E-state index contributed by atoms with van der Waals surface area (Å²) in [6, 6.07) is 1.51. The first kappa shape index (κ1) is 8.02. The molecule has 2 nitrogen and oxygen atoms in total. The minimum Gasteiger partial charge on any atom is -0.314 e. The van der Waals surface area contributed by atoms with E-state index in [1.54, 1.807) is 0 Å². The Balaban J connectivity index is 2.32. The zero-order chi connectivity index (χ0) is 7.56. The zero-order valence-corrected chi connectivity index (χ0v) is 7.22. The van der Waals surface area contributed by atoms with Gasteiger partial charge in [-0.05, 0) is 40.4 Å². The average Bonchev–Trinajstić information content (AvgIpc) is 1.88. The van der Waals surface area contributed by atoms with Gasteiger partial charge in [-0.15, -0.1) is 0 Å². The molecule has 0 spiro atoms. The van der Waals surface area contributed by atoms with E-state index in [1.165, 1.54) is 19.4 Å². The lowest BCUT2D eigenvalue weighted by molar-refractivity contribution is 0.212. The summed E-state index contributed by atoms with van der Waals surface area (Å²) in [6.07, 6.45) is 2.60. The standard InChI is InChI=1S/C8H18N2/c1-7-6-8(10(2)3)4-5-9-7/h7-9H,4-6H2,1-3H3/t7-,8?/m1/s1. The monoisotopic (exact) mass is 142 g/mol. The molecule has 0 radical (unpaired) electrons. The molecule has 2 heteroatoms. The van der Waals surface area contributed by atoms with Gasteiger partial charge in [0.1, 0.15) is 0 Å². The Kier molecular flexibility index (Phi) is 2.69. The van der Waals surface area contributed by atoms with E-state index in [0.29, 0.717) is 6.04 Å². The van der Waals surface area contributed by atoms with E-state index >= 15 is 0 Å². The lowest BCUT2D eigenvalue weighted by atomic mass is 10.00. The molecule has 0 aliphatic carbocycles. The predicted octanol–water partition coefficient (Wildman–Crippen LogP) is 0.688. The van der Waals surface area contributed by atoms with Gasteiger partial charge in [0, 0.05) is 12.1 Å². The maximum absolute atomic E-state index is 3.44. The lowest BCUT2D eigenvalue weighted by Gasteiger charge is -2.32. The second kappa shape index (κ2) is 3.35. The molecule has 0 aromatic heterocycles. The van der Waals surface area contributed by atoms with Gasteiger partial charge in [0.25, 0.3) is 0 Å². The molecule has 1 aliphatic rings. The van der Waals surface area contributed by atoms with E-state index in [4.69, 9.17) is 0 Å². The maximum Gasteiger partial charge on any atom is 0.0116 e. The van der Waals surface area contributed by atoms with Crippen molar-refractivity contribution >= 4 is 0 Å². The van der Waals surface area contributed by atoms with Gasteiger partial charge in [-0.2, -0.15) is 0 Å². The summed E-state index contributed by atoms with van der Waals surface area (Å²) in [5, 5.41) is 3.44. The first-order chi connectivity index (χ1) is 4.70. The SMILES string of the molecule is C[C@@H]1CC(N(C)C)CCN1. The van der Waals surface area contributed by atoms with Crippen LogP contribution in [0.15, 0.2) is 0 Å². The summed E-state index contributed by atoms with van der Waals surface area (Å²) >= 11 is 0. The van der Waals surface area contributed by atoms with Crippen LogP contribution >= 0.6 is 0 Å². The quantitative estimate of drug-likeness (QED) is 0.579. The van der Waals surface area contributed by atoms with E-state index in [0.717, 1.165) is 6.04 Å². The molecular weight excluding hydrogens is 124 g/mol. The second-order valence-corrected chi connectivity index (χ2v) is 3.50. The lowest BCUT2D eigenvalue weighted by Crippen LogP contribution is -2.44. The van der Waals surface area contributed by atoms with Crippen molar-refractivity contribution < 1.29 is 0 Å². The van der Waals surface area contributed by atoms with Crippen LogP contribution in [0.25, 0.3) is 0 Å². The first-order valence-corrected chi connectivity index (χ1v) is 4.10. The molecule has 0 bridgehead atoms. The predicted molar refractivity (Wildman–Crippen MR) is 44.2 cm³/mol. The molecule has 1 aliphatic heterocycles. The van der Waals surface area contributed by atoms with Crippen molar-refractivity contribution in [3.8, 4) is 0 Å². The van der Waals surface area contributed by atoms with Crippen molar-refractivity contribution in [1.29, 1.82) is 0 Å². The van der Waals surface area contributed by atoms with Crippen molar-refractivity contribution in [2.45, 2.75) is 31.8 Å². The van der Waals surface area contributed by atoms with Crippen LogP contribution in [0.5, 0.6) is 0 Å². The van der Waals surface area contributed by atoms with Crippen molar-refractivity contribution in [3.05, 3.63) is 0 Å². The Hall–Kier alpha value is -0.0800. The average molecular weight is 142 g/mol. The summed E-state index contributed by atoms with van der Waals surface area (Å²) in [4.78, 5) is 2.33. The Morgan fingerprint density at radius 1 is 1.40 bits per heavy atom. The first-order valence-electron chi connectivity index (χ1n) is 4.10. The van der Waals surface area contributed by atoms with Gasteiger partial charge in [-0.1, -0.05) is 0 Å². The molecule has 0 amide bonds. The number of hydrogen-bond donors (Lipinski definition) is 1. The van der Waals surface area contributed by atoms with Crippen LogP contribution in [0.3, 0.4) is 0 Å². The molecule has 0 saturated carbocycles. The highest BCUT2D eigenvalue weighted by Gasteiger charge is 2.18. The Morgan fingerprint density at radius 3 is 2.50 bits per heavy atom. The van der Waals surface area contributed by atoms with Crippen LogP contribution in [0.4, 0.5) is 0 Å². The number of hydrogen-bond acceptors (Lipinski definition) is 2. The van der Waals surface area contributed by atoms with Crippen LogP contribution in [0.2, 0.25) is 0 Å². The third-order valence-electron chi connectivity index (χ3n) is 2.33. The number of piperidine rings is 1. The van der Waals surface area contributed by atoms with Crippen molar-refractivity contribution in [2.24, 2.45) is 0 Å². The Morgan fingerprint density at radius 2 is 2.10 bits per heavy atom. The molecule has 10 heavy (non-hydrogen) atoms. The smallest absolute Gasteiger partial charge is 0.0116 e. The minimum absolute atomic E-state index is 0.709. The number of rotatable bonds is 1. The van der Waals surface area contributed by atoms with Crippen LogP contribution in [-0.4, -0.2) is 37.6 Å². The van der Waals surface area contributed by atoms with E-state index in [-0.39, 0.29) is 0 Å². The molecule has 1 heterocycles. The van der Waals surface area contributed by atoms with E-state index in [9.17, 15) is 0 Å². The van der Waals surface area contributed by atoms with Crippen molar-refractivity contribution in [3.63, 3.8) is 0 Å². The third kappa shape index (κ3) is 1.96. The second-order valence-electron chi connectivity index (χ2n) is 3.50. The topological polar surface area (TPSA) is 15.3 Å². The minimum atomic E-state index is 0.709. The third-order valence-corrected chi connectivity index (χ3v) is 2.33. The summed E-state index contributed by atoms with van der Waals surface area (Å²) in [5.74, 6) is 0. The molecule has 1 fully saturated rings. The van der Waals surface area contributed by atoms with Gasteiger partial charge >= 0.3 is 0 Å². The fourth-order valence-corrected chi connectivity index (χ4v) is 1.57. The highest BCUT2D eigenvalue weighted by Crippen LogP contribution is 2.11. The van der Waals surface area contributed by atoms with E-state index in [1.807, 2.05) is 0 Å². The van der Waals surface area contributed by atoms with Gasteiger partial charge in [0.2, 0.25) is 0 Å². The van der Waals surface area contributed by atoms with Crippen molar-refractivity contribution in [2.75, 3.05) is 20.6 Å². The molecule has 0 aromatic carbocycles. The summed E-state index contributed by atoms with van der Waals surface area (Å²) in [5.41, 5.74) is 0. The molecule has 60 valence electrons. The van der Waals surface area contributed by atoms with Crippen LogP contribution < -0.4 is 5.32 Å². The fraction of sp³-hybridized carbons (Fsp3) is 1.00. The molecular formula is C8H18N2. The van der Waals surface area contributed by atoms with Crippen LogP contribution in [-0.2, 0) is 0 Å². The zero-order valence-electron chi connectivity index (χ0n) is 7.22. The van der Waals surface area contributed by atoms with E-state index in [2.05, 4.69) is 31.2 Å². The molecule has 1 saturated heterocycles. The maximum atomic E-state index is 3.44. The Labute approximate surface area is 63.6 Å². The number of nitrogens with zero attached hydrogens (tertiary/aromatic N) is 1. The summed E-state index contributed by atoms with van der Waals surface area (Å²) < 4.78 is 0. The summed E-state index contributed by atoms with van der Waals surface area (Å²) in [7, 11) is 4.34. The number of nitrogens with one attached hydrogen (secondary N) is 1. The van der Waals surface area contributed by atoms with Crippen LogP contribution in [0.1, 0.15) is 19.8 Å². The molecule has 0 aromatic rings. The normalized spacial score (nSPS) is 34.8. The molecule has 2 atom stereocenters. The van der Waals surface area contributed by atoms with Gasteiger partial charge in [-0.25, -0.2) is 0 Å². The van der Waals surface area contributed by atoms with Gasteiger partial charge in [0.15, 0.2) is 0 Å². The van der Waals surface area contributed by atoms with Crippen LogP contribution in [0, 0.1) is 0 Å². The molecule has 1 N–H and O–H groups in total. The summed E-state index contributed by atoms with van der Waals surface area (Å²) in [6.45, 7) is 3.44. The highest BCUT2D eigenvalue weighted by atomic mass is 15.1. The molecule has 1 rings (SSSR count). The van der Waals surface area contributed by atoms with Crippen molar-refractivity contribution in [1.82, 2.24) is 10.2 Å². The van der Waals surface area contributed by atoms with Gasteiger partial charge < -0.3 is 10.2 Å². The fourth-order valence-electron chi connectivity index (χ4n) is 1.57.